The van der Waals surface area contributed by atoms with Gasteiger partial charge in [-0.3, -0.25) is 0 Å². The Morgan fingerprint density at radius 3 is 2.63 bits per heavy atom. The van der Waals surface area contributed by atoms with Crippen molar-refractivity contribution in [3.05, 3.63) is 30.5 Å². The Morgan fingerprint density at radius 2 is 1.95 bits per heavy atom. The van der Waals surface area contributed by atoms with E-state index in [0.29, 0.717) is 6.04 Å². The molecule has 1 aromatic heterocycles. The number of methoxy groups -OCH3 is 1. The molecule has 0 atom stereocenters. The molecule has 0 amide bonds. The number of aromatic nitrogens is 1. The molecule has 3 nitrogen and oxygen atoms in total. The molecule has 1 aromatic carbocycles. The van der Waals surface area contributed by atoms with Gasteiger partial charge in [-0.15, -0.1) is 0 Å². The van der Waals surface area contributed by atoms with E-state index in [-0.39, 0.29) is 0 Å². The van der Waals surface area contributed by atoms with Gasteiger partial charge in [0.15, 0.2) is 0 Å². The number of nitrogens with zero attached hydrogens (tertiary/aromatic N) is 2. The third-order valence-corrected chi connectivity index (χ3v) is 4.82. The molecule has 19 heavy (non-hydrogen) atoms. The third kappa shape index (κ3) is 1.76. The highest BCUT2D eigenvalue weighted by atomic mass is 16.5. The molecule has 0 unspecified atom stereocenters. The van der Waals surface area contributed by atoms with Crippen LogP contribution >= 0.6 is 0 Å². The van der Waals surface area contributed by atoms with Crippen molar-refractivity contribution in [2.75, 3.05) is 20.2 Å². The lowest BCUT2D eigenvalue weighted by Gasteiger charge is -2.47. The molecule has 1 aliphatic heterocycles. The largest absolute Gasteiger partial charge is 0.497 e. The van der Waals surface area contributed by atoms with Crippen LogP contribution in [-0.2, 0) is 0 Å². The van der Waals surface area contributed by atoms with Gasteiger partial charge in [0.05, 0.1) is 7.11 Å². The van der Waals surface area contributed by atoms with E-state index in [1.807, 2.05) is 0 Å². The van der Waals surface area contributed by atoms with Gasteiger partial charge in [-0.2, -0.15) is 0 Å². The highest BCUT2D eigenvalue weighted by Crippen LogP contribution is 2.39. The third-order valence-electron chi connectivity index (χ3n) is 4.82. The van der Waals surface area contributed by atoms with Gasteiger partial charge in [-0.1, -0.05) is 0 Å². The molecule has 2 fully saturated rings. The van der Waals surface area contributed by atoms with Gasteiger partial charge in [0, 0.05) is 29.2 Å². The maximum atomic E-state index is 5.29. The van der Waals surface area contributed by atoms with Crippen LogP contribution in [0.2, 0.25) is 0 Å². The smallest absolute Gasteiger partial charge is 0.119 e. The number of likely N-dealkylation sites (tertiary alicyclic amines) is 1. The molecule has 0 bridgehead atoms. The van der Waals surface area contributed by atoms with Crippen LogP contribution in [0, 0.1) is 0 Å². The van der Waals surface area contributed by atoms with Crippen molar-refractivity contribution in [1.82, 2.24) is 9.47 Å². The molecule has 2 aliphatic rings. The van der Waals surface area contributed by atoms with E-state index in [9.17, 15) is 0 Å². The second-order valence-corrected chi connectivity index (χ2v) is 5.82. The second kappa shape index (κ2) is 4.27. The summed E-state index contributed by atoms with van der Waals surface area (Å²) >= 11 is 0. The summed E-state index contributed by atoms with van der Waals surface area (Å²) in [5.74, 6) is 0.942. The molecule has 1 saturated carbocycles. The van der Waals surface area contributed by atoms with Crippen LogP contribution in [0.1, 0.15) is 25.3 Å². The lowest BCUT2D eigenvalue weighted by Crippen LogP contribution is -2.51. The molecule has 2 heterocycles. The Hall–Kier alpha value is -1.48. The van der Waals surface area contributed by atoms with Crippen molar-refractivity contribution in [2.45, 2.75) is 31.3 Å². The SMILES string of the molecule is COc1ccc2c(ccn2C2CC(N3CCC3)C2)c1. The normalized spacial score (nSPS) is 27.0. The zero-order valence-corrected chi connectivity index (χ0v) is 11.4. The minimum Gasteiger partial charge on any atom is -0.497 e. The van der Waals surface area contributed by atoms with Crippen LogP contribution in [0.25, 0.3) is 10.9 Å². The van der Waals surface area contributed by atoms with Crippen molar-refractivity contribution >= 4 is 10.9 Å². The molecule has 2 aromatic rings. The lowest BCUT2D eigenvalue weighted by atomic mass is 9.83. The molecule has 3 heteroatoms. The van der Waals surface area contributed by atoms with E-state index in [4.69, 9.17) is 4.74 Å². The maximum Gasteiger partial charge on any atom is 0.119 e. The van der Waals surface area contributed by atoms with Crippen molar-refractivity contribution in [1.29, 1.82) is 0 Å². The van der Waals surface area contributed by atoms with Gasteiger partial charge >= 0.3 is 0 Å². The maximum absolute atomic E-state index is 5.29. The van der Waals surface area contributed by atoms with Gasteiger partial charge in [0.1, 0.15) is 5.75 Å². The van der Waals surface area contributed by atoms with Crippen LogP contribution in [0.5, 0.6) is 5.75 Å². The summed E-state index contributed by atoms with van der Waals surface area (Å²) in [5.41, 5.74) is 1.34. The van der Waals surface area contributed by atoms with Gasteiger partial charge < -0.3 is 14.2 Å². The average Bonchev–Trinajstić information content (AvgIpc) is 2.73. The Morgan fingerprint density at radius 1 is 1.11 bits per heavy atom. The number of fused-ring (bicyclic) bond motifs is 1. The fraction of sp³-hybridized carbons (Fsp3) is 0.500. The van der Waals surface area contributed by atoms with Crippen molar-refractivity contribution in [3.8, 4) is 5.75 Å². The first-order valence-corrected chi connectivity index (χ1v) is 7.24. The van der Waals surface area contributed by atoms with Crippen LogP contribution in [-0.4, -0.2) is 35.7 Å². The highest BCUT2D eigenvalue weighted by Gasteiger charge is 2.36. The summed E-state index contributed by atoms with van der Waals surface area (Å²) in [4.78, 5) is 2.63. The fourth-order valence-corrected chi connectivity index (χ4v) is 3.38. The lowest BCUT2D eigenvalue weighted by molar-refractivity contribution is 0.0371. The summed E-state index contributed by atoms with van der Waals surface area (Å²) in [7, 11) is 1.72. The standard InChI is InChI=1S/C16H20N2O/c1-19-15-3-4-16-12(9-15)5-8-18(16)14-10-13(11-14)17-6-2-7-17/h3-5,8-9,13-14H,2,6-7,10-11H2,1H3. The molecular formula is C16H20N2O. The van der Waals surface area contributed by atoms with Crippen LogP contribution in [0.4, 0.5) is 0 Å². The molecule has 1 aliphatic carbocycles. The first-order chi connectivity index (χ1) is 9.35. The predicted octanol–water partition coefficient (Wildman–Crippen LogP) is 3.06. The summed E-state index contributed by atoms with van der Waals surface area (Å²) in [6, 6.07) is 10.1. The Balaban J connectivity index is 1.55. The van der Waals surface area contributed by atoms with E-state index in [2.05, 4.69) is 39.9 Å². The van der Waals surface area contributed by atoms with Crippen molar-refractivity contribution < 1.29 is 4.74 Å². The number of benzene rings is 1. The molecule has 0 N–H and O–H groups in total. The minimum absolute atomic E-state index is 0.691. The van der Waals surface area contributed by atoms with Crippen LogP contribution in [0.15, 0.2) is 30.5 Å². The monoisotopic (exact) mass is 256 g/mol. The molecule has 0 spiro atoms. The van der Waals surface area contributed by atoms with Crippen LogP contribution in [0.3, 0.4) is 0 Å². The summed E-state index contributed by atoms with van der Waals surface area (Å²) < 4.78 is 7.74. The van der Waals surface area contributed by atoms with E-state index in [1.54, 1.807) is 7.11 Å². The van der Waals surface area contributed by atoms with Gasteiger partial charge in [0.2, 0.25) is 0 Å². The predicted molar refractivity (Wildman–Crippen MR) is 76.7 cm³/mol. The number of rotatable bonds is 3. The summed E-state index contributed by atoms with van der Waals surface area (Å²) in [5, 5.41) is 1.28. The molecule has 1 saturated heterocycles. The second-order valence-electron chi connectivity index (χ2n) is 5.82. The number of hydrogen-bond acceptors (Lipinski definition) is 2. The first-order valence-electron chi connectivity index (χ1n) is 7.24. The van der Waals surface area contributed by atoms with Gasteiger partial charge in [-0.25, -0.2) is 0 Å². The Labute approximate surface area is 113 Å². The molecule has 100 valence electrons. The van der Waals surface area contributed by atoms with Gasteiger partial charge in [-0.05, 0) is 56.6 Å². The van der Waals surface area contributed by atoms with Crippen molar-refractivity contribution in [2.24, 2.45) is 0 Å². The summed E-state index contributed by atoms with van der Waals surface area (Å²) in [6.45, 7) is 2.64. The molecule has 0 radical (unpaired) electrons. The zero-order chi connectivity index (χ0) is 12.8. The Kier molecular flexibility index (Phi) is 2.55. The van der Waals surface area contributed by atoms with E-state index < -0.39 is 0 Å². The van der Waals surface area contributed by atoms with Gasteiger partial charge in [0.25, 0.3) is 0 Å². The topological polar surface area (TPSA) is 17.4 Å². The van der Waals surface area contributed by atoms with E-state index >= 15 is 0 Å². The average molecular weight is 256 g/mol. The van der Waals surface area contributed by atoms with E-state index in [0.717, 1.165) is 11.8 Å². The fourth-order valence-electron chi connectivity index (χ4n) is 3.38. The van der Waals surface area contributed by atoms with Crippen molar-refractivity contribution in [3.63, 3.8) is 0 Å². The molecular weight excluding hydrogens is 236 g/mol. The Bertz CT molecular complexity index is 594. The summed E-state index contributed by atoms with van der Waals surface area (Å²) in [6.07, 6.45) is 6.26. The quantitative estimate of drug-likeness (QED) is 0.839. The molecule has 4 rings (SSSR count). The number of hydrogen-bond donors (Lipinski definition) is 0. The number of ether oxygens (including phenoxy) is 1. The van der Waals surface area contributed by atoms with E-state index in [1.165, 1.54) is 43.3 Å². The van der Waals surface area contributed by atoms with Crippen LogP contribution < -0.4 is 4.74 Å². The minimum atomic E-state index is 0.691. The first kappa shape index (κ1) is 11.4. The zero-order valence-electron chi connectivity index (χ0n) is 11.4. The highest BCUT2D eigenvalue weighted by molar-refractivity contribution is 5.81.